The Morgan fingerprint density at radius 3 is 1.20 bits per heavy atom. The van der Waals surface area contributed by atoms with Gasteiger partial charge in [-0.1, -0.05) is 97.1 Å². The Balaban J connectivity index is 0.000000192. The zero-order chi connectivity index (χ0) is 90.5. The van der Waals surface area contributed by atoms with E-state index in [1.807, 2.05) is 107 Å². The van der Waals surface area contributed by atoms with Crippen molar-refractivity contribution in [3.05, 3.63) is 227 Å². The molecular weight excluding hydrogens is 1640 g/mol. The number of cyclic esters (lactones) is 2. The highest BCUT2D eigenvalue weighted by Gasteiger charge is 2.38. The first-order valence-corrected chi connectivity index (χ1v) is 42.1. The Bertz CT molecular complexity index is 5250. The molecule has 4 fully saturated rings. The summed E-state index contributed by atoms with van der Waals surface area (Å²) in [6.07, 6.45) is -2.45. The fourth-order valence-electron chi connectivity index (χ4n) is 15.3. The van der Waals surface area contributed by atoms with E-state index in [1.54, 1.807) is 119 Å². The molecule has 31 nitrogen and oxygen atoms in total. The van der Waals surface area contributed by atoms with Gasteiger partial charge in [-0.05, 0) is 184 Å². The molecule has 8 N–H and O–H groups in total. The fraction of sp³-hybridized carbons (Fsp3) is 0.362. The van der Waals surface area contributed by atoms with Crippen molar-refractivity contribution >= 4 is 105 Å². The van der Waals surface area contributed by atoms with Crippen LogP contribution in [0.5, 0.6) is 0 Å². The van der Waals surface area contributed by atoms with Crippen molar-refractivity contribution in [2.45, 2.75) is 115 Å². The highest BCUT2D eigenvalue weighted by Crippen LogP contribution is 2.46. The Labute approximate surface area is 733 Å². The van der Waals surface area contributed by atoms with Crippen molar-refractivity contribution in [2.75, 3.05) is 135 Å². The molecule has 2 aliphatic carbocycles. The lowest BCUT2D eigenvalue weighted by Crippen LogP contribution is -2.49. The number of amides is 5. The van der Waals surface area contributed by atoms with Crippen LogP contribution in [0.25, 0.3) is 22.3 Å². The van der Waals surface area contributed by atoms with Crippen molar-refractivity contribution in [3.8, 4) is 22.3 Å². The number of halogens is 2. The maximum Gasteiger partial charge on any atom is 0.414 e. The van der Waals surface area contributed by atoms with Crippen molar-refractivity contribution in [3.63, 3.8) is 0 Å². The number of hydrogen-bond donors (Lipinski definition) is 8. The number of rotatable bonds is 32. The summed E-state index contributed by atoms with van der Waals surface area (Å²) in [5.41, 5.74) is 22.2. The molecule has 6 aliphatic rings. The number of benzene rings is 8. The summed E-state index contributed by atoms with van der Waals surface area (Å²) in [7, 11) is 0. The summed E-state index contributed by atoms with van der Waals surface area (Å²) >= 11 is 0. The summed E-state index contributed by atoms with van der Waals surface area (Å²) in [4.78, 5) is 155. The molecule has 4 heterocycles. The zero-order valence-corrected chi connectivity index (χ0v) is 71.5. The van der Waals surface area contributed by atoms with Gasteiger partial charge < -0.3 is 75.0 Å². The standard InChI is InChI=1S/C47H51FN6O9.C28H26N2O6.C19H27FN4O4/c1-47(2,3)63-45(59)49-26-33-28-54(46(60)62-33)32-19-20-40(39(48)25-32)52-21-23-53(24-22-52)43(57)14-8-13-41(55)30-15-17-31(18-16-30)51-50-27-42(56)44(58)61-29-38-36-11-6-4-9-34(36)35-10-5-7-12-37(35)38;31-25(10-5-11-27(33)34)18-12-14-19(15-13-18)30-29-16-26(32)28(35)36-17-24-22-8-3-1-6-20(22)21-7-2-4-9-23(21)24;1-19(2,3)28-17(25)22-11-14-12-24(18(26)27-14)13-4-5-16(15(20)10-13)23-8-6-21-7-9-23/h4-7,9-12,15-20,25,33,38,50-51H,8,13-14,21-24,26-29H2,1-3H3,(H,49,59);1-4,6-9,12-15,24,29-30H,5,10-11,16-17H2,(H,33,34);4-5,10,14,21H,6-9,11-12H2,1-3H3,(H,22,25)/t33-;;14-/m0.0/s1. The van der Waals surface area contributed by atoms with E-state index in [4.69, 9.17) is 33.5 Å². The predicted molar refractivity (Wildman–Crippen MR) is 470 cm³/mol. The highest BCUT2D eigenvalue weighted by atomic mass is 19.1. The molecule has 0 spiro atoms. The number of anilines is 6. The number of carbonyl (C=O) groups excluding carboxylic acids is 11. The van der Waals surface area contributed by atoms with Gasteiger partial charge in [0.2, 0.25) is 5.91 Å². The number of carboxylic acid groups (broad SMARTS) is 1. The summed E-state index contributed by atoms with van der Waals surface area (Å²) in [5.74, 6) is -5.72. The van der Waals surface area contributed by atoms with E-state index in [2.05, 4.69) is 37.7 Å². The van der Waals surface area contributed by atoms with Crippen molar-refractivity contribution in [2.24, 2.45) is 0 Å². The van der Waals surface area contributed by atoms with Gasteiger partial charge in [0.15, 0.2) is 11.6 Å². The Hall–Kier alpha value is -13.7. The summed E-state index contributed by atoms with van der Waals surface area (Å²) in [6.45, 7) is 15.3. The van der Waals surface area contributed by atoms with Crippen LogP contribution in [0.1, 0.15) is 135 Å². The molecule has 0 bridgehead atoms. The van der Waals surface area contributed by atoms with Crippen molar-refractivity contribution in [1.82, 2.24) is 31.7 Å². The number of aliphatic carboxylic acids is 1. The molecule has 0 radical (unpaired) electrons. The number of alkyl carbamates (subject to hydrolysis) is 2. The second kappa shape index (κ2) is 42.8. The van der Waals surface area contributed by atoms with Gasteiger partial charge in [-0.15, -0.1) is 0 Å². The monoisotopic (exact) mass is 1740 g/mol. The average Bonchev–Trinajstić information content (AvgIpc) is 1.62. The highest BCUT2D eigenvalue weighted by molar-refractivity contribution is 6.35. The topological polar surface area (TPSA) is 381 Å². The van der Waals surface area contributed by atoms with Crippen LogP contribution in [-0.2, 0) is 57.2 Å². The Morgan fingerprint density at radius 2 is 0.835 bits per heavy atom. The first-order chi connectivity index (χ1) is 60.9. The molecule has 2 atom stereocenters. The van der Waals surface area contributed by atoms with E-state index in [9.17, 15) is 61.9 Å². The number of hydrazine groups is 2. The first-order valence-electron chi connectivity index (χ1n) is 42.1. The van der Waals surface area contributed by atoms with E-state index < -0.39 is 83.1 Å². The molecular formula is C94H104F2N12O19. The fourth-order valence-corrected chi connectivity index (χ4v) is 15.3. The molecule has 5 amide bonds. The number of carboxylic acids is 1. The number of piperazine rings is 2. The number of nitrogens with one attached hydrogen (secondary N) is 7. The van der Waals surface area contributed by atoms with Crippen LogP contribution in [0.4, 0.5) is 62.1 Å². The molecule has 14 rings (SSSR count). The lowest BCUT2D eigenvalue weighted by Gasteiger charge is -2.36. The number of ketones is 4. The summed E-state index contributed by atoms with van der Waals surface area (Å²) < 4.78 is 61.8. The van der Waals surface area contributed by atoms with Gasteiger partial charge in [-0.2, -0.15) is 0 Å². The molecule has 33 heteroatoms. The van der Waals surface area contributed by atoms with E-state index in [1.165, 1.54) is 21.9 Å². The number of Topliss-reactive ketones (excluding diaryl/α,β-unsaturated/α-hetero) is 4. The number of carbonyl (C=O) groups is 12. The number of nitrogens with zero attached hydrogens (tertiary/aromatic N) is 5. The van der Waals surface area contributed by atoms with Gasteiger partial charge >= 0.3 is 42.3 Å². The maximum absolute atomic E-state index is 15.4. The van der Waals surface area contributed by atoms with Crippen LogP contribution in [0.3, 0.4) is 0 Å². The SMILES string of the molecule is CC(C)(C)OC(=O)NC[C@H]1CN(c2ccc(N3CCN(C(=O)CCCC(=O)c4ccc(NNCC(=O)C(=O)OCC5c6ccccc6-c6ccccc65)cc4)CC3)c(F)c2)C(=O)O1.CC(C)(C)OC(=O)NC[C@H]1CN(c2ccc(N3CCNCC3)c(F)c2)C(=O)O1.O=C(O)CCCC(=O)c1ccc(NNCC(=O)C(=O)OCC2c3ccccc3-c3ccccc32)cc1. The predicted octanol–water partition coefficient (Wildman–Crippen LogP) is 12.3. The van der Waals surface area contributed by atoms with Gasteiger partial charge in [0, 0.05) is 112 Å². The minimum Gasteiger partial charge on any atom is -0.481 e. The van der Waals surface area contributed by atoms with E-state index >= 15 is 4.39 Å². The van der Waals surface area contributed by atoms with E-state index in [0.29, 0.717) is 77.9 Å². The normalized spacial score (nSPS) is 15.7. The second-order valence-corrected chi connectivity index (χ2v) is 32.9. The van der Waals surface area contributed by atoms with Crippen LogP contribution >= 0.6 is 0 Å². The van der Waals surface area contributed by atoms with Crippen LogP contribution in [0.2, 0.25) is 0 Å². The molecule has 8 aromatic rings. The van der Waals surface area contributed by atoms with Crippen molar-refractivity contribution in [1.29, 1.82) is 0 Å². The maximum atomic E-state index is 15.4. The number of fused-ring (bicyclic) bond motifs is 6. The van der Waals surface area contributed by atoms with E-state index in [-0.39, 0.29) is 120 Å². The molecule has 668 valence electrons. The number of ether oxygens (including phenoxy) is 6. The second-order valence-electron chi connectivity index (χ2n) is 32.9. The van der Waals surface area contributed by atoms with Gasteiger partial charge in [0.05, 0.1) is 62.0 Å². The van der Waals surface area contributed by atoms with Gasteiger partial charge in [0.25, 0.3) is 11.6 Å². The minimum absolute atomic E-state index is 0.0469. The molecule has 0 saturated carbocycles. The zero-order valence-electron chi connectivity index (χ0n) is 71.5. The lowest BCUT2D eigenvalue weighted by molar-refractivity contribution is -0.153. The lowest BCUT2D eigenvalue weighted by atomic mass is 9.98. The third-order valence-corrected chi connectivity index (χ3v) is 21.5. The van der Waals surface area contributed by atoms with Crippen LogP contribution in [-0.4, -0.2) is 210 Å². The molecule has 0 unspecified atom stereocenters. The van der Waals surface area contributed by atoms with Gasteiger partial charge in [-0.25, -0.2) is 48.4 Å². The van der Waals surface area contributed by atoms with Crippen LogP contribution in [0, 0.1) is 11.6 Å². The van der Waals surface area contributed by atoms with Crippen LogP contribution in [0.15, 0.2) is 182 Å². The molecule has 127 heavy (non-hydrogen) atoms. The minimum atomic E-state index is -0.930. The number of hydrogen-bond acceptors (Lipinski definition) is 25. The smallest absolute Gasteiger partial charge is 0.414 e. The molecule has 8 aromatic carbocycles. The quantitative estimate of drug-likeness (QED) is 0.00638. The van der Waals surface area contributed by atoms with Gasteiger partial charge in [-0.3, -0.25) is 38.6 Å². The Morgan fingerprint density at radius 1 is 0.465 bits per heavy atom. The van der Waals surface area contributed by atoms with Crippen LogP contribution < -0.4 is 57.3 Å². The largest absolute Gasteiger partial charge is 0.481 e. The first kappa shape index (κ1) is 92.5. The average molecular weight is 1740 g/mol. The molecule has 4 saturated heterocycles. The molecule has 0 aromatic heterocycles. The third-order valence-electron chi connectivity index (χ3n) is 21.5. The summed E-state index contributed by atoms with van der Waals surface area (Å²) in [5, 5.41) is 17.1. The van der Waals surface area contributed by atoms with Crippen molar-refractivity contribution < 1.29 is 99.8 Å². The number of esters is 2. The Kier molecular flexibility index (Phi) is 31.2. The molecule has 4 aliphatic heterocycles. The third kappa shape index (κ3) is 25.3. The van der Waals surface area contributed by atoms with Gasteiger partial charge in [0.1, 0.15) is 48.3 Å². The van der Waals surface area contributed by atoms with E-state index in [0.717, 1.165) is 70.7 Å². The summed E-state index contributed by atoms with van der Waals surface area (Å²) in [6, 6.07) is 54.3.